The number of nitrogens with zero attached hydrogens (tertiary/aromatic N) is 2. The quantitative estimate of drug-likeness (QED) is 0.466. The molecule has 0 saturated heterocycles. The molecule has 0 atom stereocenters. The second-order valence-electron chi connectivity index (χ2n) is 7.15. The highest BCUT2D eigenvalue weighted by molar-refractivity contribution is 6.33. The Kier molecular flexibility index (Phi) is 5.25. The van der Waals surface area contributed by atoms with E-state index >= 15 is 0 Å². The summed E-state index contributed by atoms with van der Waals surface area (Å²) in [4.78, 5) is 13.1. The Labute approximate surface area is 188 Å². The summed E-state index contributed by atoms with van der Waals surface area (Å²) in [5, 5.41) is 8.00. The first-order valence-corrected chi connectivity index (χ1v) is 10.2. The van der Waals surface area contributed by atoms with Crippen LogP contribution in [0.15, 0.2) is 72.8 Å². The smallest absolute Gasteiger partial charge is 0.270 e. The van der Waals surface area contributed by atoms with Crippen LogP contribution in [0.4, 0.5) is 4.39 Å². The van der Waals surface area contributed by atoms with Crippen molar-refractivity contribution in [2.24, 2.45) is 0 Å². The number of benzene rings is 3. The van der Waals surface area contributed by atoms with Crippen molar-refractivity contribution in [1.29, 1.82) is 0 Å². The third-order valence-corrected chi connectivity index (χ3v) is 5.38. The van der Waals surface area contributed by atoms with Gasteiger partial charge in [0.1, 0.15) is 11.5 Å². The second kappa shape index (κ2) is 8.36. The van der Waals surface area contributed by atoms with E-state index in [1.807, 2.05) is 36.4 Å². The molecule has 0 radical (unpaired) electrons. The van der Waals surface area contributed by atoms with E-state index in [4.69, 9.17) is 21.1 Å². The van der Waals surface area contributed by atoms with Gasteiger partial charge in [-0.05, 0) is 54.1 Å². The molecular weight excluding hydrogens is 433 g/mol. The topological polar surface area (TPSA) is 65.4 Å². The summed E-state index contributed by atoms with van der Waals surface area (Å²) in [5.74, 6) is 0.617. The second-order valence-corrected chi connectivity index (χ2v) is 7.56. The molecule has 5 rings (SSSR count). The number of carbonyl (C=O) groups excluding carboxylic acids is 1. The standard InChI is InChI=1S/C24H17ClFN3O3/c25-19-4-2-1-3-18(19)20-12-21(29(28-20)17-8-6-16(26)7-9-17)24(30)27-13-15-5-10-22-23(11-15)32-14-31-22/h1-12H,13-14H2,(H,27,30). The van der Waals surface area contributed by atoms with Crippen LogP contribution in [0.25, 0.3) is 16.9 Å². The van der Waals surface area contributed by atoms with Crippen LogP contribution in [0.5, 0.6) is 11.5 Å². The molecule has 0 unspecified atom stereocenters. The van der Waals surface area contributed by atoms with Gasteiger partial charge in [0.05, 0.1) is 16.4 Å². The zero-order valence-electron chi connectivity index (χ0n) is 16.7. The molecule has 160 valence electrons. The molecular formula is C24H17ClFN3O3. The molecule has 0 spiro atoms. The van der Waals surface area contributed by atoms with E-state index < -0.39 is 0 Å². The molecule has 4 aromatic rings. The van der Waals surface area contributed by atoms with E-state index in [0.29, 0.717) is 39.2 Å². The number of hydrogen-bond donors (Lipinski definition) is 1. The van der Waals surface area contributed by atoms with Gasteiger partial charge in [-0.2, -0.15) is 5.10 Å². The Morgan fingerprint density at radius 1 is 1.03 bits per heavy atom. The molecule has 8 heteroatoms. The van der Waals surface area contributed by atoms with Gasteiger partial charge in [0.15, 0.2) is 11.5 Å². The lowest BCUT2D eigenvalue weighted by atomic mass is 10.1. The summed E-state index contributed by atoms with van der Waals surface area (Å²) in [7, 11) is 0. The highest BCUT2D eigenvalue weighted by atomic mass is 35.5. The van der Waals surface area contributed by atoms with Crippen LogP contribution in [0, 0.1) is 5.82 Å². The minimum atomic E-state index is -0.374. The lowest BCUT2D eigenvalue weighted by molar-refractivity contribution is 0.0943. The summed E-state index contributed by atoms with van der Waals surface area (Å²) in [6.07, 6.45) is 0. The number of halogens is 2. The van der Waals surface area contributed by atoms with Crippen molar-refractivity contribution in [1.82, 2.24) is 15.1 Å². The van der Waals surface area contributed by atoms with Gasteiger partial charge in [-0.1, -0.05) is 35.9 Å². The Morgan fingerprint density at radius 2 is 1.81 bits per heavy atom. The minimum absolute atomic E-state index is 0.187. The fourth-order valence-electron chi connectivity index (χ4n) is 3.45. The number of nitrogens with one attached hydrogen (secondary N) is 1. The molecule has 0 fully saturated rings. The lowest BCUT2D eigenvalue weighted by Crippen LogP contribution is -2.25. The van der Waals surface area contributed by atoms with Gasteiger partial charge >= 0.3 is 0 Å². The van der Waals surface area contributed by atoms with E-state index in [1.165, 1.54) is 16.8 Å². The van der Waals surface area contributed by atoms with Crippen molar-refractivity contribution in [3.05, 3.63) is 94.9 Å². The van der Waals surface area contributed by atoms with Crippen molar-refractivity contribution in [3.8, 4) is 28.4 Å². The number of rotatable bonds is 5. The van der Waals surface area contributed by atoms with Crippen LogP contribution in [0.1, 0.15) is 16.1 Å². The minimum Gasteiger partial charge on any atom is -0.454 e. The van der Waals surface area contributed by atoms with Crippen LogP contribution in [-0.4, -0.2) is 22.5 Å². The zero-order valence-corrected chi connectivity index (χ0v) is 17.5. The Hall–Kier alpha value is -3.84. The first kappa shape index (κ1) is 20.1. The highest BCUT2D eigenvalue weighted by Gasteiger charge is 2.19. The normalized spacial score (nSPS) is 12.1. The summed E-state index contributed by atoms with van der Waals surface area (Å²) in [5.41, 5.74) is 2.94. The van der Waals surface area contributed by atoms with Gasteiger partial charge in [0.25, 0.3) is 5.91 Å². The monoisotopic (exact) mass is 449 g/mol. The molecule has 0 aliphatic carbocycles. The summed E-state index contributed by atoms with van der Waals surface area (Å²) >= 11 is 6.33. The summed E-state index contributed by atoms with van der Waals surface area (Å²) in [6, 6.07) is 20.2. The zero-order chi connectivity index (χ0) is 22.1. The predicted molar refractivity (Wildman–Crippen MR) is 118 cm³/mol. The Balaban J connectivity index is 1.46. The van der Waals surface area contributed by atoms with Crippen molar-refractivity contribution in [2.75, 3.05) is 6.79 Å². The van der Waals surface area contributed by atoms with Gasteiger partial charge < -0.3 is 14.8 Å². The van der Waals surface area contributed by atoms with Crippen LogP contribution in [0.3, 0.4) is 0 Å². The molecule has 1 aliphatic heterocycles. The van der Waals surface area contributed by atoms with E-state index in [2.05, 4.69) is 10.4 Å². The summed E-state index contributed by atoms with van der Waals surface area (Å²) < 4.78 is 25.6. The third-order valence-electron chi connectivity index (χ3n) is 5.05. The lowest BCUT2D eigenvalue weighted by Gasteiger charge is -2.09. The largest absolute Gasteiger partial charge is 0.454 e. The van der Waals surface area contributed by atoms with Crippen molar-refractivity contribution in [2.45, 2.75) is 6.54 Å². The van der Waals surface area contributed by atoms with Crippen LogP contribution < -0.4 is 14.8 Å². The van der Waals surface area contributed by atoms with Gasteiger partial charge in [-0.3, -0.25) is 4.79 Å². The van der Waals surface area contributed by atoms with Gasteiger partial charge in [0.2, 0.25) is 6.79 Å². The molecule has 0 saturated carbocycles. The maximum atomic E-state index is 13.4. The van der Waals surface area contributed by atoms with E-state index in [9.17, 15) is 9.18 Å². The van der Waals surface area contributed by atoms with Gasteiger partial charge in [0, 0.05) is 12.1 Å². The highest BCUT2D eigenvalue weighted by Crippen LogP contribution is 2.32. The van der Waals surface area contributed by atoms with Crippen LogP contribution in [0.2, 0.25) is 5.02 Å². The van der Waals surface area contributed by atoms with Gasteiger partial charge in [-0.25, -0.2) is 9.07 Å². The number of aromatic nitrogens is 2. The molecule has 3 aromatic carbocycles. The number of fused-ring (bicyclic) bond motifs is 1. The maximum absolute atomic E-state index is 13.4. The van der Waals surface area contributed by atoms with Crippen molar-refractivity contribution >= 4 is 17.5 Å². The van der Waals surface area contributed by atoms with Crippen molar-refractivity contribution in [3.63, 3.8) is 0 Å². The molecule has 1 aliphatic rings. The molecule has 1 amide bonds. The molecule has 1 N–H and O–H groups in total. The first-order chi connectivity index (χ1) is 15.6. The average Bonchev–Trinajstić information content (AvgIpc) is 3.45. The number of ether oxygens (including phenoxy) is 2. The van der Waals surface area contributed by atoms with Crippen molar-refractivity contribution < 1.29 is 18.7 Å². The first-order valence-electron chi connectivity index (χ1n) is 9.86. The van der Waals surface area contributed by atoms with Gasteiger partial charge in [-0.15, -0.1) is 0 Å². The van der Waals surface area contributed by atoms with Crippen LogP contribution >= 0.6 is 11.6 Å². The third kappa shape index (κ3) is 3.90. The van der Waals surface area contributed by atoms with E-state index in [-0.39, 0.29) is 25.1 Å². The SMILES string of the molecule is O=C(NCc1ccc2c(c1)OCO2)c1cc(-c2ccccc2Cl)nn1-c1ccc(F)cc1. The van der Waals surface area contributed by atoms with E-state index in [0.717, 1.165) is 5.56 Å². The van der Waals surface area contributed by atoms with Crippen LogP contribution in [-0.2, 0) is 6.54 Å². The molecule has 1 aromatic heterocycles. The molecule has 6 nitrogen and oxygen atoms in total. The fourth-order valence-corrected chi connectivity index (χ4v) is 3.68. The number of hydrogen-bond acceptors (Lipinski definition) is 4. The Bertz CT molecular complexity index is 1300. The predicted octanol–water partition coefficient (Wildman–Crippen LogP) is 4.99. The maximum Gasteiger partial charge on any atom is 0.270 e. The number of amides is 1. The molecule has 2 heterocycles. The summed E-state index contributed by atoms with van der Waals surface area (Å²) in [6.45, 7) is 0.471. The molecule has 0 bridgehead atoms. The number of carbonyl (C=O) groups is 1. The Morgan fingerprint density at radius 3 is 2.62 bits per heavy atom. The fraction of sp³-hybridized carbons (Fsp3) is 0.0833. The van der Waals surface area contributed by atoms with E-state index in [1.54, 1.807) is 24.3 Å². The average molecular weight is 450 g/mol. The molecule has 32 heavy (non-hydrogen) atoms.